The van der Waals surface area contributed by atoms with Crippen LogP contribution in [-0.2, 0) is 13.0 Å². The molecule has 1 aliphatic rings. The average Bonchev–Trinajstić information content (AvgIpc) is 2.78. The smallest absolute Gasteiger partial charge is 0.0329 e. The van der Waals surface area contributed by atoms with Gasteiger partial charge in [-0.1, -0.05) is 30.3 Å². The van der Waals surface area contributed by atoms with Crippen molar-refractivity contribution in [1.82, 2.24) is 10.2 Å². The quantitative estimate of drug-likeness (QED) is 0.931. The fourth-order valence-corrected chi connectivity index (χ4v) is 4.12. The van der Waals surface area contributed by atoms with Gasteiger partial charge in [0.2, 0.25) is 0 Å². The molecular weight excluding hydrogens is 276 g/mol. The van der Waals surface area contributed by atoms with E-state index in [1.54, 1.807) is 0 Å². The number of aryl methyl sites for hydroxylation is 2. The van der Waals surface area contributed by atoms with Crippen LogP contribution in [0, 0.1) is 13.8 Å². The molecule has 1 unspecified atom stereocenters. The number of thiophene rings is 1. The summed E-state index contributed by atoms with van der Waals surface area (Å²) in [6, 6.07) is 13.7. The SMILES string of the molecule is Cc1cc(CN2CCNC(Cc3ccccc3)C2)sc1C. The molecule has 1 fully saturated rings. The molecule has 1 aromatic carbocycles. The van der Waals surface area contributed by atoms with Gasteiger partial charge in [0, 0.05) is 42.0 Å². The Balaban J connectivity index is 1.58. The van der Waals surface area contributed by atoms with Gasteiger partial charge >= 0.3 is 0 Å². The van der Waals surface area contributed by atoms with Gasteiger partial charge in [0.1, 0.15) is 0 Å². The minimum atomic E-state index is 0.573. The molecule has 0 spiro atoms. The van der Waals surface area contributed by atoms with E-state index in [0.29, 0.717) is 6.04 Å². The van der Waals surface area contributed by atoms with Crippen LogP contribution in [0.1, 0.15) is 20.9 Å². The summed E-state index contributed by atoms with van der Waals surface area (Å²) in [5.41, 5.74) is 2.87. The van der Waals surface area contributed by atoms with Crippen LogP contribution in [-0.4, -0.2) is 30.6 Å². The van der Waals surface area contributed by atoms with E-state index in [1.165, 1.54) is 20.9 Å². The minimum absolute atomic E-state index is 0.573. The molecule has 3 rings (SSSR count). The number of hydrogen-bond acceptors (Lipinski definition) is 3. The maximum Gasteiger partial charge on any atom is 0.0329 e. The van der Waals surface area contributed by atoms with E-state index in [2.05, 4.69) is 60.5 Å². The van der Waals surface area contributed by atoms with E-state index in [9.17, 15) is 0 Å². The van der Waals surface area contributed by atoms with Gasteiger partial charge in [-0.2, -0.15) is 0 Å². The van der Waals surface area contributed by atoms with Crippen LogP contribution >= 0.6 is 11.3 Å². The predicted molar refractivity (Wildman–Crippen MR) is 91.0 cm³/mol. The summed E-state index contributed by atoms with van der Waals surface area (Å²) < 4.78 is 0. The molecule has 21 heavy (non-hydrogen) atoms. The molecule has 2 nitrogen and oxygen atoms in total. The molecule has 0 aliphatic carbocycles. The fourth-order valence-electron chi connectivity index (χ4n) is 3.02. The van der Waals surface area contributed by atoms with Gasteiger partial charge in [-0.05, 0) is 37.5 Å². The highest BCUT2D eigenvalue weighted by atomic mass is 32.1. The molecule has 3 heteroatoms. The summed E-state index contributed by atoms with van der Waals surface area (Å²) >= 11 is 1.95. The van der Waals surface area contributed by atoms with Crippen molar-refractivity contribution in [3.8, 4) is 0 Å². The van der Waals surface area contributed by atoms with Crippen molar-refractivity contribution >= 4 is 11.3 Å². The maximum absolute atomic E-state index is 3.66. The average molecular weight is 300 g/mol. The van der Waals surface area contributed by atoms with Crippen molar-refractivity contribution in [2.45, 2.75) is 32.9 Å². The van der Waals surface area contributed by atoms with Crippen LogP contribution in [0.4, 0.5) is 0 Å². The van der Waals surface area contributed by atoms with Crippen LogP contribution in [0.25, 0.3) is 0 Å². The van der Waals surface area contributed by atoms with Crippen LogP contribution in [0.2, 0.25) is 0 Å². The molecule has 1 aliphatic heterocycles. The van der Waals surface area contributed by atoms with Crippen LogP contribution in [0.5, 0.6) is 0 Å². The first-order chi connectivity index (χ1) is 10.2. The van der Waals surface area contributed by atoms with Gasteiger partial charge in [0.25, 0.3) is 0 Å². The molecule has 2 heterocycles. The Bertz CT molecular complexity index is 557. The number of rotatable bonds is 4. The summed E-state index contributed by atoms with van der Waals surface area (Å²) in [6.07, 6.45) is 1.12. The van der Waals surface area contributed by atoms with Gasteiger partial charge in [0.15, 0.2) is 0 Å². The molecular formula is C18H24N2S. The lowest BCUT2D eigenvalue weighted by molar-refractivity contribution is 0.193. The van der Waals surface area contributed by atoms with Crippen LogP contribution in [0.3, 0.4) is 0 Å². The number of nitrogens with one attached hydrogen (secondary N) is 1. The third-order valence-electron chi connectivity index (χ3n) is 4.26. The summed E-state index contributed by atoms with van der Waals surface area (Å²) in [6.45, 7) is 8.93. The lowest BCUT2D eigenvalue weighted by Crippen LogP contribution is -2.51. The summed E-state index contributed by atoms with van der Waals surface area (Å²) in [5, 5.41) is 3.66. The Kier molecular flexibility index (Phi) is 4.73. The molecule has 1 saturated heterocycles. The van der Waals surface area contributed by atoms with E-state index in [4.69, 9.17) is 0 Å². The lowest BCUT2D eigenvalue weighted by atomic mass is 10.0. The molecule has 2 aromatic rings. The Morgan fingerprint density at radius 2 is 2.05 bits per heavy atom. The second kappa shape index (κ2) is 6.73. The molecule has 0 radical (unpaired) electrons. The van der Waals surface area contributed by atoms with Crippen molar-refractivity contribution in [2.24, 2.45) is 0 Å². The molecule has 112 valence electrons. The van der Waals surface area contributed by atoms with Gasteiger partial charge in [-0.3, -0.25) is 4.90 Å². The highest BCUT2D eigenvalue weighted by Crippen LogP contribution is 2.22. The van der Waals surface area contributed by atoms with Gasteiger partial charge in [-0.15, -0.1) is 11.3 Å². The van der Waals surface area contributed by atoms with Gasteiger partial charge < -0.3 is 5.32 Å². The van der Waals surface area contributed by atoms with E-state index in [-0.39, 0.29) is 0 Å². The zero-order valence-corrected chi connectivity index (χ0v) is 13.7. The van der Waals surface area contributed by atoms with Gasteiger partial charge in [-0.25, -0.2) is 0 Å². The Morgan fingerprint density at radius 3 is 2.76 bits per heavy atom. The first-order valence-electron chi connectivity index (χ1n) is 7.76. The highest BCUT2D eigenvalue weighted by Gasteiger charge is 2.20. The van der Waals surface area contributed by atoms with Crippen molar-refractivity contribution in [2.75, 3.05) is 19.6 Å². The van der Waals surface area contributed by atoms with Crippen LogP contribution < -0.4 is 5.32 Å². The third-order valence-corrected chi connectivity index (χ3v) is 5.40. The first-order valence-corrected chi connectivity index (χ1v) is 8.58. The Morgan fingerprint density at radius 1 is 1.24 bits per heavy atom. The van der Waals surface area contributed by atoms with Crippen molar-refractivity contribution < 1.29 is 0 Å². The predicted octanol–water partition coefficient (Wildman–Crippen LogP) is 3.38. The zero-order valence-electron chi connectivity index (χ0n) is 12.9. The van der Waals surface area contributed by atoms with E-state index < -0.39 is 0 Å². The standard InChI is InChI=1S/C18H24N2S/c1-14-10-18(21-15(14)2)13-20-9-8-19-17(12-20)11-16-6-4-3-5-7-16/h3-7,10,17,19H,8-9,11-13H2,1-2H3. The zero-order chi connectivity index (χ0) is 14.7. The summed E-state index contributed by atoms with van der Waals surface area (Å²) in [7, 11) is 0. The lowest BCUT2D eigenvalue weighted by Gasteiger charge is -2.33. The molecule has 0 saturated carbocycles. The van der Waals surface area contributed by atoms with Crippen molar-refractivity contribution in [3.63, 3.8) is 0 Å². The molecule has 1 aromatic heterocycles. The number of piperazine rings is 1. The first kappa shape index (κ1) is 14.8. The molecule has 0 amide bonds. The normalized spacial score (nSPS) is 19.8. The molecule has 1 atom stereocenters. The minimum Gasteiger partial charge on any atom is -0.311 e. The van der Waals surface area contributed by atoms with Gasteiger partial charge in [0.05, 0.1) is 0 Å². The van der Waals surface area contributed by atoms with E-state index in [0.717, 1.165) is 32.6 Å². The number of nitrogens with zero attached hydrogens (tertiary/aromatic N) is 1. The summed E-state index contributed by atoms with van der Waals surface area (Å²) in [4.78, 5) is 5.56. The van der Waals surface area contributed by atoms with Crippen LogP contribution in [0.15, 0.2) is 36.4 Å². The van der Waals surface area contributed by atoms with Crippen molar-refractivity contribution in [3.05, 3.63) is 57.3 Å². The second-order valence-electron chi connectivity index (χ2n) is 6.03. The number of benzene rings is 1. The van der Waals surface area contributed by atoms with E-state index in [1.807, 2.05) is 11.3 Å². The second-order valence-corrected chi connectivity index (χ2v) is 7.37. The third kappa shape index (κ3) is 3.94. The largest absolute Gasteiger partial charge is 0.311 e. The molecule has 0 bridgehead atoms. The number of hydrogen-bond donors (Lipinski definition) is 1. The highest BCUT2D eigenvalue weighted by molar-refractivity contribution is 7.12. The van der Waals surface area contributed by atoms with E-state index >= 15 is 0 Å². The fraction of sp³-hybridized carbons (Fsp3) is 0.444. The molecule has 1 N–H and O–H groups in total. The van der Waals surface area contributed by atoms with Crippen molar-refractivity contribution in [1.29, 1.82) is 0 Å². The Labute approximate surface area is 131 Å². The maximum atomic E-state index is 3.66. The Hall–Kier alpha value is -1.16. The summed E-state index contributed by atoms with van der Waals surface area (Å²) in [5.74, 6) is 0. The topological polar surface area (TPSA) is 15.3 Å². The monoisotopic (exact) mass is 300 g/mol.